The first-order chi connectivity index (χ1) is 23.1. The monoisotopic (exact) mass is 644 g/mol. The second kappa shape index (κ2) is 12.7. The van der Waals surface area contributed by atoms with Crippen molar-refractivity contribution < 1.29 is 0 Å². The second-order valence-corrected chi connectivity index (χ2v) is 24.5. The summed E-state index contributed by atoms with van der Waals surface area (Å²) in [6.45, 7) is 5.25. The number of rotatable bonds is 12. The topological polar surface area (TPSA) is 0 Å². The summed E-state index contributed by atoms with van der Waals surface area (Å²) in [6.07, 6.45) is 25.4. The van der Waals surface area contributed by atoms with E-state index in [1.165, 1.54) is 66.1 Å². The average molecular weight is 645 g/mol. The first-order valence-electron chi connectivity index (χ1n) is 18.2. The number of hydrogen-bond acceptors (Lipinski definition) is 0. The van der Waals surface area contributed by atoms with Crippen LogP contribution < -0.4 is 0 Å². The van der Waals surface area contributed by atoms with E-state index in [4.69, 9.17) is 0 Å². The Labute approximate surface area is 284 Å². The molecule has 4 aliphatic rings. The van der Waals surface area contributed by atoms with Gasteiger partial charge in [-0.2, -0.15) is 0 Å². The van der Waals surface area contributed by atoms with Gasteiger partial charge in [0.25, 0.3) is 0 Å². The van der Waals surface area contributed by atoms with Crippen LogP contribution in [-0.4, -0.2) is 16.1 Å². The predicted octanol–water partition coefficient (Wildman–Crippen LogP) is 12.5. The third-order valence-corrected chi connectivity index (χ3v) is 24.0. The van der Waals surface area contributed by atoms with Crippen molar-refractivity contribution in [2.45, 2.75) is 79.5 Å². The lowest BCUT2D eigenvalue weighted by molar-refractivity contribution is 0.680. The normalized spacial score (nSPS) is 23.7. The van der Waals surface area contributed by atoms with E-state index in [1.54, 1.807) is 22.3 Å². The van der Waals surface area contributed by atoms with Gasteiger partial charge < -0.3 is 0 Å². The zero-order valence-corrected chi connectivity index (χ0v) is 30.1. The van der Waals surface area contributed by atoms with Crippen molar-refractivity contribution in [3.8, 4) is 0 Å². The van der Waals surface area contributed by atoms with Gasteiger partial charge in [-0.25, -0.2) is 0 Å². The minimum atomic E-state index is -1.81. The van der Waals surface area contributed by atoms with Gasteiger partial charge in [0.2, 0.25) is 0 Å². The molecule has 4 atom stereocenters. The minimum absolute atomic E-state index is 0.586. The molecule has 0 bridgehead atoms. The van der Waals surface area contributed by atoms with E-state index in [-0.39, 0.29) is 0 Å². The largest absolute Gasteiger partial charge is 0.0791 e. The van der Waals surface area contributed by atoms with Crippen molar-refractivity contribution >= 4 is 40.5 Å². The summed E-state index contributed by atoms with van der Waals surface area (Å²) in [5, 5.41) is 0. The molecule has 0 spiro atoms. The van der Waals surface area contributed by atoms with Gasteiger partial charge >= 0.3 is 0 Å². The minimum Gasteiger partial charge on any atom is -0.0791 e. The maximum Gasteiger partial charge on any atom is 0.0772 e. The third kappa shape index (κ3) is 5.25. The first kappa shape index (κ1) is 30.6. The molecule has 47 heavy (non-hydrogen) atoms. The van der Waals surface area contributed by atoms with Gasteiger partial charge in [0, 0.05) is 0 Å². The molecular weight excluding hydrogens is 597 g/mol. The van der Waals surface area contributed by atoms with Gasteiger partial charge in [0.1, 0.15) is 0 Å². The highest BCUT2D eigenvalue weighted by molar-refractivity contribution is 6.84. The summed E-state index contributed by atoms with van der Waals surface area (Å²) in [5.74, 6) is 0. The van der Waals surface area contributed by atoms with Crippen LogP contribution in [0.1, 0.15) is 99.3 Å². The first-order valence-corrected chi connectivity index (χ1v) is 23.6. The standard InChI is InChI=1S/C45H48Si2/c1-3-47(44-30-26-36-18-8-12-22-40(36)44,45-31-27-37-19-9-13-23-41(37)45)33-15-5-4-14-32-46(2,42-28-24-34-16-6-10-20-38(34)42)43-29-25-35-17-7-11-21-39(35)43/h6-13,16-31,42-45H,3-5,14-15,32-33H2,1-2H3. The molecule has 0 saturated heterocycles. The molecule has 8 rings (SSSR count). The van der Waals surface area contributed by atoms with Gasteiger partial charge in [0.15, 0.2) is 0 Å². The van der Waals surface area contributed by atoms with Crippen LogP contribution in [0, 0.1) is 0 Å². The molecule has 0 saturated carbocycles. The van der Waals surface area contributed by atoms with E-state index in [2.05, 4.69) is 159 Å². The molecule has 4 aliphatic carbocycles. The molecule has 0 nitrogen and oxygen atoms in total. The fraction of sp³-hybridized carbons (Fsp3) is 0.289. The van der Waals surface area contributed by atoms with Crippen molar-refractivity contribution in [1.82, 2.24) is 0 Å². The molecular formula is C45H48Si2. The molecule has 0 heterocycles. The van der Waals surface area contributed by atoms with Crippen molar-refractivity contribution in [2.75, 3.05) is 0 Å². The van der Waals surface area contributed by atoms with Crippen molar-refractivity contribution in [1.29, 1.82) is 0 Å². The summed E-state index contributed by atoms with van der Waals surface area (Å²) in [6, 6.07) is 41.0. The van der Waals surface area contributed by atoms with Crippen LogP contribution in [-0.2, 0) is 0 Å². The number of hydrogen-bond donors (Lipinski definition) is 0. The van der Waals surface area contributed by atoms with Crippen LogP contribution in [0.4, 0.5) is 0 Å². The Balaban J connectivity index is 1.00. The molecule has 0 aromatic heterocycles. The molecule has 4 aromatic carbocycles. The Morgan fingerprint density at radius 2 is 0.766 bits per heavy atom. The number of allylic oxidation sites excluding steroid dienone is 4. The number of fused-ring (bicyclic) bond motifs is 4. The molecule has 2 heteroatoms. The van der Waals surface area contributed by atoms with Crippen LogP contribution in [0.15, 0.2) is 121 Å². The summed E-state index contributed by atoms with van der Waals surface area (Å²) < 4.78 is 0. The van der Waals surface area contributed by atoms with Gasteiger partial charge in [-0.15, -0.1) is 0 Å². The Bertz CT molecular complexity index is 1770. The molecule has 4 unspecified atom stereocenters. The smallest absolute Gasteiger partial charge is 0.0772 e. The zero-order valence-electron chi connectivity index (χ0n) is 28.1. The third-order valence-electron chi connectivity index (χ3n) is 12.6. The van der Waals surface area contributed by atoms with Gasteiger partial charge in [-0.05, 0) is 66.7 Å². The van der Waals surface area contributed by atoms with Gasteiger partial charge in [-0.3, -0.25) is 0 Å². The van der Waals surface area contributed by atoms with E-state index >= 15 is 0 Å². The average Bonchev–Trinajstić information content (AvgIpc) is 3.93. The summed E-state index contributed by atoms with van der Waals surface area (Å²) in [4.78, 5) is 0. The number of benzene rings is 4. The van der Waals surface area contributed by atoms with E-state index in [9.17, 15) is 0 Å². The van der Waals surface area contributed by atoms with Crippen molar-refractivity contribution in [2.24, 2.45) is 0 Å². The Morgan fingerprint density at radius 3 is 1.17 bits per heavy atom. The van der Waals surface area contributed by atoms with Crippen LogP contribution >= 0.6 is 0 Å². The van der Waals surface area contributed by atoms with E-state index in [0.717, 1.165) is 0 Å². The van der Waals surface area contributed by atoms with Gasteiger partial charge in [0.05, 0.1) is 16.1 Å². The maximum atomic E-state index is 2.73. The second-order valence-electron chi connectivity index (χ2n) is 14.9. The Hall–Kier alpha value is -3.73. The predicted molar refractivity (Wildman–Crippen MR) is 209 cm³/mol. The molecule has 236 valence electrons. The van der Waals surface area contributed by atoms with E-state index in [1.807, 2.05) is 0 Å². The SMILES string of the molecule is CC[Si](CCCCCC[Si](C)(C1C=Cc2ccccc21)C1C=Cc2ccccc21)(C1C=Cc2ccccc21)C1C=Cc2ccccc21. The highest BCUT2D eigenvalue weighted by Crippen LogP contribution is 2.52. The van der Waals surface area contributed by atoms with Crippen molar-refractivity contribution in [3.63, 3.8) is 0 Å². The lowest BCUT2D eigenvalue weighted by atomic mass is 10.1. The molecule has 0 aliphatic heterocycles. The fourth-order valence-electron chi connectivity index (χ4n) is 10.1. The highest BCUT2D eigenvalue weighted by Gasteiger charge is 2.48. The summed E-state index contributed by atoms with van der Waals surface area (Å²) in [5.41, 5.74) is 14.5. The zero-order chi connectivity index (χ0) is 31.8. The maximum absolute atomic E-state index is 2.73. The van der Waals surface area contributed by atoms with E-state index < -0.39 is 16.1 Å². The Morgan fingerprint density at radius 1 is 0.426 bits per heavy atom. The summed E-state index contributed by atoms with van der Waals surface area (Å²) in [7, 11) is -3.60. The number of unbranched alkanes of at least 4 members (excludes halogenated alkanes) is 3. The molecule has 4 aromatic rings. The highest BCUT2D eigenvalue weighted by atomic mass is 28.3. The van der Waals surface area contributed by atoms with Crippen LogP contribution in [0.5, 0.6) is 0 Å². The van der Waals surface area contributed by atoms with Crippen LogP contribution in [0.2, 0.25) is 24.7 Å². The quantitative estimate of drug-likeness (QED) is 0.106. The van der Waals surface area contributed by atoms with E-state index in [0.29, 0.717) is 22.2 Å². The van der Waals surface area contributed by atoms with Crippen molar-refractivity contribution in [3.05, 3.63) is 166 Å². The van der Waals surface area contributed by atoms with Crippen LogP contribution in [0.3, 0.4) is 0 Å². The molecule has 0 amide bonds. The molecule has 0 fully saturated rings. The fourth-order valence-corrected chi connectivity index (χ4v) is 21.0. The van der Waals surface area contributed by atoms with Gasteiger partial charge in [-0.1, -0.05) is 203 Å². The Kier molecular flexibility index (Phi) is 8.27. The lowest BCUT2D eigenvalue weighted by Crippen LogP contribution is -2.45. The molecule has 0 radical (unpaired) electrons. The lowest BCUT2D eigenvalue weighted by Gasteiger charge is -2.42. The molecule has 0 N–H and O–H groups in total. The van der Waals surface area contributed by atoms with Crippen LogP contribution in [0.25, 0.3) is 24.3 Å². The summed E-state index contributed by atoms with van der Waals surface area (Å²) >= 11 is 0.